The van der Waals surface area contributed by atoms with Gasteiger partial charge in [-0.15, -0.1) is 0 Å². The summed E-state index contributed by atoms with van der Waals surface area (Å²) in [5.41, 5.74) is -0.0275. The molecule has 0 aromatic carbocycles. The number of aromatic amines is 1. The van der Waals surface area contributed by atoms with Gasteiger partial charge in [-0.25, -0.2) is 0 Å². The van der Waals surface area contributed by atoms with Crippen LogP contribution in [0.5, 0.6) is 0 Å². The molecule has 1 aromatic rings. The smallest absolute Gasteiger partial charge is 0.264 e. The Kier molecular flexibility index (Phi) is 1.94. The van der Waals surface area contributed by atoms with Gasteiger partial charge in [0.15, 0.2) is 0 Å². The number of rotatable bonds is 2. The lowest BCUT2D eigenvalue weighted by Gasteiger charge is -2.08. The summed E-state index contributed by atoms with van der Waals surface area (Å²) in [6, 6.07) is 1.93. The van der Waals surface area contributed by atoms with Gasteiger partial charge < -0.3 is 0 Å². The van der Waals surface area contributed by atoms with Crippen molar-refractivity contribution in [1.29, 1.82) is 0 Å². The van der Waals surface area contributed by atoms with Gasteiger partial charge in [0.05, 0.1) is 0 Å². The van der Waals surface area contributed by atoms with Crippen LogP contribution in [0.2, 0.25) is 0 Å². The standard InChI is InChI=1S/C7H12N2O/c1-3-6(2)9-5-4-7(10)8-9/h4-6H,3H2,1-2H3,(H,8,10). The maximum atomic E-state index is 10.6. The number of hydrogen-bond donors (Lipinski definition) is 1. The third kappa shape index (κ3) is 1.29. The maximum Gasteiger partial charge on any atom is 0.264 e. The van der Waals surface area contributed by atoms with E-state index in [9.17, 15) is 4.79 Å². The first-order valence-corrected chi connectivity index (χ1v) is 3.51. The monoisotopic (exact) mass is 140 g/mol. The molecule has 0 fully saturated rings. The molecule has 3 heteroatoms. The molecular weight excluding hydrogens is 128 g/mol. The van der Waals surface area contributed by atoms with Crippen molar-refractivity contribution in [2.75, 3.05) is 0 Å². The molecule has 0 bridgehead atoms. The van der Waals surface area contributed by atoms with E-state index in [2.05, 4.69) is 18.9 Å². The maximum absolute atomic E-state index is 10.6. The van der Waals surface area contributed by atoms with Crippen molar-refractivity contribution in [2.45, 2.75) is 26.3 Å². The Balaban J connectivity index is 2.84. The van der Waals surface area contributed by atoms with Gasteiger partial charge in [-0.2, -0.15) is 0 Å². The first-order valence-electron chi connectivity index (χ1n) is 3.51. The Hall–Kier alpha value is -0.990. The van der Waals surface area contributed by atoms with Gasteiger partial charge in [-0.1, -0.05) is 6.92 Å². The first kappa shape index (κ1) is 7.12. The molecule has 0 aliphatic rings. The number of hydrogen-bond acceptors (Lipinski definition) is 1. The molecule has 0 saturated carbocycles. The van der Waals surface area contributed by atoms with Crippen LogP contribution in [-0.2, 0) is 0 Å². The quantitative estimate of drug-likeness (QED) is 0.657. The van der Waals surface area contributed by atoms with Gasteiger partial charge in [-0.3, -0.25) is 14.6 Å². The van der Waals surface area contributed by atoms with Crippen molar-refractivity contribution >= 4 is 0 Å². The highest BCUT2D eigenvalue weighted by molar-refractivity contribution is 4.81. The van der Waals surface area contributed by atoms with Gasteiger partial charge in [0.25, 0.3) is 5.56 Å². The minimum absolute atomic E-state index is 0.0275. The highest BCUT2D eigenvalue weighted by Crippen LogP contribution is 2.04. The highest BCUT2D eigenvalue weighted by atomic mass is 16.1. The van der Waals surface area contributed by atoms with Crippen LogP contribution in [0.1, 0.15) is 26.3 Å². The molecule has 0 radical (unpaired) electrons. The fraction of sp³-hybridized carbons (Fsp3) is 0.571. The summed E-state index contributed by atoms with van der Waals surface area (Å²) < 4.78 is 1.82. The van der Waals surface area contributed by atoms with Crippen LogP contribution in [0.25, 0.3) is 0 Å². The molecule has 0 saturated heterocycles. The SMILES string of the molecule is CCC(C)n1ccc(=O)[nH]1. The largest absolute Gasteiger partial charge is 0.290 e. The predicted octanol–water partition coefficient (Wildman–Crippen LogP) is 1.15. The number of H-pyrrole nitrogens is 1. The van der Waals surface area contributed by atoms with E-state index in [1.54, 1.807) is 6.20 Å². The molecule has 0 aliphatic carbocycles. The van der Waals surface area contributed by atoms with Crippen molar-refractivity contribution in [3.8, 4) is 0 Å². The number of nitrogens with one attached hydrogen (secondary N) is 1. The first-order chi connectivity index (χ1) is 4.74. The number of aromatic nitrogens is 2. The lowest BCUT2D eigenvalue weighted by molar-refractivity contribution is 0.475. The van der Waals surface area contributed by atoms with Gasteiger partial charge in [0.1, 0.15) is 0 Å². The van der Waals surface area contributed by atoms with E-state index in [1.807, 2.05) is 4.68 Å². The molecule has 1 aromatic heterocycles. The minimum Gasteiger partial charge on any atom is -0.290 e. The Morgan fingerprint density at radius 3 is 2.90 bits per heavy atom. The molecule has 0 aliphatic heterocycles. The molecule has 1 unspecified atom stereocenters. The molecule has 1 rings (SSSR count). The van der Waals surface area contributed by atoms with Crippen molar-refractivity contribution in [2.24, 2.45) is 0 Å². The van der Waals surface area contributed by atoms with Gasteiger partial charge in [0.2, 0.25) is 0 Å². The van der Waals surface area contributed by atoms with E-state index in [4.69, 9.17) is 0 Å². The zero-order valence-corrected chi connectivity index (χ0v) is 6.29. The molecule has 3 nitrogen and oxygen atoms in total. The van der Waals surface area contributed by atoms with Crippen molar-refractivity contribution < 1.29 is 0 Å². The van der Waals surface area contributed by atoms with Crippen LogP contribution < -0.4 is 5.56 Å². The van der Waals surface area contributed by atoms with E-state index in [-0.39, 0.29) is 5.56 Å². The van der Waals surface area contributed by atoms with Crippen LogP contribution in [0, 0.1) is 0 Å². The Bertz CT molecular complexity index is 248. The summed E-state index contributed by atoms with van der Waals surface area (Å²) in [7, 11) is 0. The third-order valence-corrected chi connectivity index (χ3v) is 1.69. The lowest BCUT2D eigenvalue weighted by Crippen LogP contribution is -2.08. The molecule has 10 heavy (non-hydrogen) atoms. The Labute approximate surface area is 59.7 Å². The highest BCUT2D eigenvalue weighted by Gasteiger charge is 1.99. The minimum atomic E-state index is -0.0275. The van der Waals surface area contributed by atoms with Crippen LogP contribution in [0.15, 0.2) is 17.1 Å². The zero-order chi connectivity index (χ0) is 7.56. The Morgan fingerprint density at radius 2 is 2.50 bits per heavy atom. The van der Waals surface area contributed by atoms with Gasteiger partial charge in [-0.05, 0) is 13.3 Å². The summed E-state index contributed by atoms with van der Waals surface area (Å²) in [5, 5.41) is 2.69. The average molecular weight is 140 g/mol. The van der Waals surface area contributed by atoms with Crippen LogP contribution in [0.4, 0.5) is 0 Å². The fourth-order valence-electron chi connectivity index (χ4n) is 0.804. The average Bonchev–Trinajstić information content (AvgIpc) is 2.34. The molecular formula is C7H12N2O. The molecule has 56 valence electrons. The van der Waals surface area contributed by atoms with Crippen LogP contribution in [0.3, 0.4) is 0 Å². The van der Waals surface area contributed by atoms with E-state index in [1.165, 1.54) is 6.07 Å². The molecule has 0 spiro atoms. The van der Waals surface area contributed by atoms with E-state index in [0.717, 1.165) is 6.42 Å². The third-order valence-electron chi connectivity index (χ3n) is 1.69. The topological polar surface area (TPSA) is 37.8 Å². The normalized spacial score (nSPS) is 13.4. The van der Waals surface area contributed by atoms with Crippen LogP contribution in [-0.4, -0.2) is 9.78 Å². The second kappa shape index (κ2) is 2.73. The van der Waals surface area contributed by atoms with E-state index in [0.29, 0.717) is 6.04 Å². The molecule has 1 N–H and O–H groups in total. The zero-order valence-electron chi connectivity index (χ0n) is 6.29. The van der Waals surface area contributed by atoms with Crippen molar-refractivity contribution in [3.63, 3.8) is 0 Å². The van der Waals surface area contributed by atoms with Gasteiger partial charge >= 0.3 is 0 Å². The van der Waals surface area contributed by atoms with E-state index < -0.39 is 0 Å². The number of nitrogens with zero attached hydrogens (tertiary/aromatic N) is 1. The van der Waals surface area contributed by atoms with E-state index >= 15 is 0 Å². The second-order valence-electron chi connectivity index (χ2n) is 2.46. The van der Waals surface area contributed by atoms with Crippen LogP contribution >= 0.6 is 0 Å². The Morgan fingerprint density at radius 1 is 1.80 bits per heavy atom. The summed E-state index contributed by atoms with van der Waals surface area (Å²) in [5.74, 6) is 0. The summed E-state index contributed by atoms with van der Waals surface area (Å²) in [6.07, 6.45) is 2.81. The van der Waals surface area contributed by atoms with Crippen molar-refractivity contribution in [1.82, 2.24) is 9.78 Å². The van der Waals surface area contributed by atoms with Gasteiger partial charge in [0, 0.05) is 18.3 Å². The molecule has 1 atom stereocenters. The molecule has 0 amide bonds. The second-order valence-corrected chi connectivity index (χ2v) is 2.46. The summed E-state index contributed by atoms with van der Waals surface area (Å²) in [6.45, 7) is 4.15. The fourth-order valence-corrected chi connectivity index (χ4v) is 0.804. The predicted molar refractivity (Wildman–Crippen MR) is 40.1 cm³/mol. The summed E-state index contributed by atoms with van der Waals surface area (Å²) >= 11 is 0. The molecule has 1 heterocycles. The summed E-state index contributed by atoms with van der Waals surface area (Å²) in [4.78, 5) is 10.6. The lowest BCUT2D eigenvalue weighted by atomic mass is 10.3. The van der Waals surface area contributed by atoms with Crippen molar-refractivity contribution in [3.05, 3.63) is 22.6 Å².